The van der Waals surface area contributed by atoms with Gasteiger partial charge in [0.1, 0.15) is 0 Å². The summed E-state index contributed by atoms with van der Waals surface area (Å²) in [5.41, 5.74) is 3.71. The zero-order valence-electron chi connectivity index (χ0n) is 11.8. The first-order valence-electron chi connectivity index (χ1n) is 6.51. The molecule has 3 heteroatoms. The Labute approximate surface area is 109 Å². The van der Waals surface area contributed by atoms with E-state index in [1.165, 1.54) is 11.1 Å². The summed E-state index contributed by atoms with van der Waals surface area (Å²) in [6, 6.07) is 4.15. The molecule has 2 heterocycles. The topological polar surface area (TPSA) is 30.7 Å². The van der Waals surface area contributed by atoms with Crippen LogP contribution in [-0.4, -0.2) is 14.8 Å². The molecule has 0 aliphatic heterocycles. The van der Waals surface area contributed by atoms with Crippen molar-refractivity contribution in [3.63, 3.8) is 0 Å². The highest BCUT2D eigenvalue weighted by atomic mass is 15.3. The molecule has 0 aromatic carbocycles. The fraction of sp³-hybridized carbons (Fsp3) is 0.467. The third-order valence-corrected chi connectivity index (χ3v) is 3.15. The summed E-state index contributed by atoms with van der Waals surface area (Å²) in [5, 5.41) is 4.41. The van der Waals surface area contributed by atoms with Crippen molar-refractivity contribution in [1.82, 2.24) is 14.8 Å². The van der Waals surface area contributed by atoms with Gasteiger partial charge in [0, 0.05) is 12.4 Å². The molecule has 96 valence electrons. The van der Waals surface area contributed by atoms with Gasteiger partial charge in [-0.2, -0.15) is 5.10 Å². The number of hydrogen-bond acceptors (Lipinski definition) is 2. The number of rotatable bonds is 3. The Balaban J connectivity index is 2.49. The van der Waals surface area contributed by atoms with Crippen LogP contribution >= 0.6 is 0 Å². The molecule has 0 saturated carbocycles. The van der Waals surface area contributed by atoms with E-state index < -0.39 is 0 Å². The van der Waals surface area contributed by atoms with Gasteiger partial charge >= 0.3 is 0 Å². The summed E-state index contributed by atoms with van der Waals surface area (Å²) >= 11 is 0. The molecule has 2 aromatic rings. The second-order valence-electron chi connectivity index (χ2n) is 5.38. The molecular formula is C15H21N3. The van der Waals surface area contributed by atoms with Crippen LogP contribution in [0.15, 0.2) is 24.5 Å². The molecule has 0 radical (unpaired) electrons. The van der Waals surface area contributed by atoms with Crippen LogP contribution in [0.2, 0.25) is 0 Å². The molecule has 2 aromatic heterocycles. The fourth-order valence-electron chi connectivity index (χ4n) is 2.12. The van der Waals surface area contributed by atoms with Crippen LogP contribution in [0.4, 0.5) is 0 Å². The van der Waals surface area contributed by atoms with Crippen molar-refractivity contribution in [2.75, 3.05) is 0 Å². The highest BCUT2D eigenvalue weighted by Crippen LogP contribution is 2.26. The van der Waals surface area contributed by atoms with E-state index in [4.69, 9.17) is 0 Å². The van der Waals surface area contributed by atoms with Crippen molar-refractivity contribution >= 4 is 0 Å². The van der Waals surface area contributed by atoms with E-state index in [-0.39, 0.29) is 0 Å². The van der Waals surface area contributed by atoms with E-state index in [1.54, 1.807) is 0 Å². The lowest BCUT2D eigenvalue weighted by molar-refractivity contribution is 0.764. The van der Waals surface area contributed by atoms with Crippen molar-refractivity contribution in [3.8, 4) is 5.82 Å². The summed E-state index contributed by atoms with van der Waals surface area (Å²) in [6.07, 6.45) is 3.95. The zero-order valence-corrected chi connectivity index (χ0v) is 11.8. The number of aryl methyl sites for hydroxylation is 1. The van der Waals surface area contributed by atoms with E-state index in [2.05, 4.69) is 43.8 Å². The first-order chi connectivity index (χ1) is 8.49. The molecule has 0 saturated heterocycles. The van der Waals surface area contributed by atoms with Crippen molar-refractivity contribution in [1.29, 1.82) is 0 Å². The number of aromatic nitrogens is 3. The molecule has 0 atom stereocenters. The van der Waals surface area contributed by atoms with Crippen molar-refractivity contribution in [2.24, 2.45) is 0 Å². The number of nitrogens with zero attached hydrogens (tertiary/aromatic N) is 3. The monoisotopic (exact) mass is 243 g/mol. The lowest BCUT2D eigenvalue weighted by atomic mass is 9.92. The molecule has 0 N–H and O–H groups in total. The van der Waals surface area contributed by atoms with Crippen molar-refractivity contribution in [2.45, 2.75) is 46.5 Å². The lowest BCUT2D eigenvalue weighted by Crippen LogP contribution is -2.05. The van der Waals surface area contributed by atoms with Gasteiger partial charge in [-0.05, 0) is 42.0 Å². The average Bonchev–Trinajstić information content (AvgIpc) is 2.75. The molecule has 18 heavy (non-hydrogen) atoms. The van der Waals surface area contributed by atoms with Gasteiger partial charge in [0.05, 0.1) is 5.69 Å². The molecule has 0 bridgehead atoms. The fourth-order valence-corrected chi connectivity index (χ4v) is 2.12. The lowest BCUT2D eigenvalue weighted by Gasteiger charge is -2.16. The Morgan fingerprint density at radius 3 is 2.22 bits per heavy atom. The summed E-state index contributed by atoms with van der Waals surface area (Å²) in [4.78, 5) is 4.53. The summed E-state index contributed by atoms with van der Waals surface area (Å²) in [5.74, 6) is 1.90. The van der Waals surface area contributed by atoms with Crippen LogP contribution in [0.5, 0.6) is 0 Å². The summed E-state index contributed by atoms with van der Waals surface area (Å²) in [6.45, 7) is 10.8. The maximum absolute atomic E-state index is 4.53. The predicted octanol–water partition coefficient (Wildman–Crippen LogP) is 3.82. The van der Waals surface area contributed by atoms with Crippen LogP contribution in [0.1, 0.15) is 56.4 Å². The van der Waals surface area contributed by atoms with Gasteiger partial charge in [-0.25, -0.2) is 9.67 Å². The van der Waals surface area contributed by atoms with Gasteiger partial charge in [0.2, 0.25) is 0 Å². The van der Waals surface area contributed by atoms with E-state index >= 15 is 0 Å². The highest BCUT2D eigenvalue weighted by Gasteiger charge is 2.12. The largest absolute Gasteiger partial charge is 0.237 e. The van der Waals surface area contributed by atoms with Gasteiger partial charge in [-0.3, -0.25) is 0 Å². The molecular weight excluding hydrogens is 222 g/mol. The summed E-state index contributed by atoms with van der Waals surface area (Å²) < 4.78 is 1.84. The third kappa shape index (κ3) is 2.45. The Morgan fingerprint density at radius 2 is 1.72 bits per heavy atom. The normalized spacial score (nSPS) is 11.5. The van der Waals surface area contributed by atoms with Crippen molar-refractivity contribution < 1.29 is 0 Å². The maximum atomic E-state index is 4.53. The van der Waals surface area contributed by atoms with E-state index in [9.17, 15) is 0 Å². The van der Waals surface area contributed by atoms with E-state index in [1.807, 2.05) is 30.1 Å². The Morgan fingerprint density at radius 1 is 1.06 bits per heavy atom. The van der Waals surface area contributed by atoms with Gasteiger partial charge < -0.3 is 0 Å². The molecule has 0 aliphatic carbocycles. The standard InChI is InChI=1S/C15H21N3/c1-10(2)13-8-15(16-9-14(13)11(3)4)18-7-6-12(5)17-18/h6-11H,1-5H3. The van der Waals surface area contributed by atoms with Crippen LogP contribution in [-0.2, 0) is 0 Å². The van der Waals surface area contributed by atoms with Crippen LogP contribution in [0.25, 0.3) is 5.82 Å². The Hall–Kier alpha value is -1.64. The summed E-state index contributed by atoms with van der Waals surface area (Å²) in [7, 11) is 0. The minimum atomic E-state index is 0.501. The molecule has 3 nitrogen and oxygen atoms in total. The van der Waals surface area contributed by atoms with Crippen LogP contribution in [0, 0.1) is 6.92 Å². The molecule has 0 fully saturated rings. The molecule has 0 spiro atoms. The molecule has 0 aliphatic rings. The molecule has 0 amide bonds. The van der Waals surface area contributed by atoms with Crippen LogP contribution in [0.3, 0.4) is 0 Å². The quantitative estimate of drug-likeness (QED) is 0.820. The minimum Gasteiger partial charge on any atom is -0.237 e. The number of pyridine rings is 1. The smallest absolute Gasteiger partial charge is 0.153 e. The minimum absolute atomic E-state index is 0.501. The van der Waals surface area contributed by atoms with Gasteiger partial charge in [0.15, 0.2) is 5.82 Å². The van der Waals surface area contributed by atoms with Gasteiger partial charge in [-0.15, -0.1) is 0 Å². The maximum Gasteiger partial charge on any atom is 0.153 e. The Bertz CT molecular complexity index is 538. The van der Waals surface area contributed by atoms with E-state index in [0.29, 0.717) is 11.8 Å². The third-order valence-electron chi connectivity index (χ3n) is 3.15. The predicted molar refractivity (Wildman–Crippen MR) is 74.3 cm³/mol. The molecule has 0 unspecified atom stereocenters. The number of hydrogen-bond donors (Lipinski definition) is 0. The second kappa shape index (κ2) is 4.92. The van der Waals surface area contributed by atoms with Gasteiger partial charge in [-0.1, -0.05) is 27.7 Å². The Kier molecular flexibility index (Phi) is 3.50. The zero-order chi connectivity index (χ0) is 13.3. The first kappa shape index (κ1) is 12.8. The average molecular weight is 243 g/mol. The highest BCUT2D eigenvalue weighted by molar-refractivity contribution is 5.37. The second-order valence-corrected chi connectivity index (χ2v) is 5.38. The van der Waals surface area contributed by atoms with Crippen molar-refractivity contribution in [3.05, 3.63) is 41.3 Å². The van der Waals surface area contributed by atoms with Crippen LogP contribution < -0.4 is 0 Å². The van der Waals surface area contributed by atoms with E-state index in [0.717, 1.165) is 11.5 Å². The SMILES string of the molecule is Cc1ccn(-c2cc(C(C)C)c(C(C)C)cn2)n1. The first-order valence-corrected chi connectivity index (χ1v) is 6.51. The van der Waals surface area contributed by atoms with Gasteiger partial charge in [0.25, 0.3) is 0 Å². The molecule has 2 rings (SSSR count).